The van der Waals surface area contributed by atoms with Crippen molar-refractivity contribution >= 4 is 44.1 Å². The summed E-state index contributed by atoms with van der Waals surface area (Å²) in [5, 5.41) is 4.28. The van der Waals surface area contributed by atoms with Gasteiger partial charge in [-0.2, -0.15) is 15.7 Å². The van der Waals surface area contributed by atoms with Gasteiger partial charge in [0.1, 0.15) is 36.3 Å². The van der Waals surface area contributed by atoms with E-state index in [2.05, 4.69) is 26.0 Å². The van der Waals surface area contributed by atoms with E-state index in [1.807, 2.05) is 19.2 Å². The molecule has 18 heteroatoms. The normalized spacial score (nSPS) is 36.8. The van der Waals surface area contributed by atoms with Crippen LogP contribution >= 0.6 is 27.0 Å². The minimum Gasteiger partial charge on any atom is -0.470 e. The zero-order chi connectivity index (χ0) is 38.7. The molecule has 3 unspecified atom stereocenters. The Kier molecular flexibility index (Phi) is 13.7. The van der Waals surface area contributed by atoms with Crippen LogP contribution in [0.2, 0.25) is 0 Å². The van der Waals surface area contributed by atoms with E-state index in [0.717, 1.165) is 43.8 Å². The van der Waals surface area contributed by atoms with Crippen molar-refractivity contribution in [3.63, 3.8) is 0 Å². The molecule has 3 saturated carbocycles. The largest absolute Gasteiger partial charge is 0.484 e. The number of halogens is 3. The van der Waals surface area contributed by atoms with Crippen molar-refractivity contribution in [3.05, 3.63) is 29.4 Å². The van der Waals surface area contributed by atoms with E-state index in [1.54, 1.807) is 0 Å². The van der Waals surface area contributed by atoms with E-state index in [-0.39, 0.29) is 55.3 Å². The Morgan fingerprint density at radius 2 is 1.87 bits per heavy atom. The van der Waals surface area contributed by atoms with Crippen LogP contribution in [0.15, 0.2) is 23.5 Å². The maximum absolute atomic E-state index is 17.8. The number of hydrogen-bond donors (Lipinski definition) is 4. The van der Waals surface area contributed by atoms with Gasteiger partial charge in [0.15, 0.2) is 12.6 Å². The van der Waals surface area contributed by atoms with Crippen molar-refractivity contribution in [2.75, 3.05) is 32.6 Å². The first kappa shape index (κ1) is 42.4. The van der Waals surface area contributed by atoms with Gasteiger partial charge in [0, 0.05) is 30.9 Å². The SMILES string of the molecule is C[C@@H]1C[C@H]2[C@@H]3C[C@H](F)C4=CC(=O)C=C(OCOP(=O)(O)OP(=O)(O)OCCNC(=O)COC5C#CCCCCC5)[C@@]4(C)[C@@]3(F)CC[C@@]2(C)[C]1C=[SH]CF. The van der Waals surface area contributed by atoms with Gasteiger partial charge in [0.2, 0.25) is 5.91 Å². The number of amides is 1. The molecule has 53 heavy (non-hydrogen) atoms. The molecule has 1 amide bonds. The Hall–Kier alpha value is -1.79. The van der Waals surface area contributed by atoms with Gasteiger partial charge >= 0.3 is 15.6 Å². The number of carbonyl (C=O) groups is 2. The number of hydrogen-bond acceptors (Lipinski definition) is 9. The molecule has 3 fully saturated rings. The van der Waals surface area contributed by atoms with E-state index in [4.69, 9.17) is 14.0 Å². The average Bonchev–Trinajstić information content (AvgIpc) is 3.32. The Labute approximate surface area is 312 Å². The number of allylic oxidation sites excluding steroid dienone is 3. The Morgan fingerprint density at radius 3 is 2.62 bits per heavy atom. The molecule has 0 aromatic carbocycles. The molecule has 0 aliphatic heterocycles. The summed E-state index contributed by atoms with van der Waals surface area (Å²) in [5.74, 6) is 4.46. The highest BCUT2D eigenvalue weighted by Crippen LogP contribution is 2.71. The summed E-state index contributed by atoms with van der Waals surface area (Å²) in [7, 11) is -10.6. The molecule has 0 aromatic rings. The molecule has 5 aliphatic carbocycles. The minimum atomic E-state index is -5.37. The zero-order valence-corrected chi connectivity index (χ0v) is 32.7. The molecule has 12 nitrogen and oxygen atoms in total. The molecule has 5 rings (SSSR count). The number of carbonyl (C=O) groups excluding carboxylic acids is 2. The van der Waals surface area contributed by atoms with Crippen LogP contribution in [0.3, 0.4) is 0 Å². The number of rotatable bonds is 15. The molecule has 3 N–H and O–H groups in total. The highest BCUT2D eigenvalue weighted by Gasteiger charge is 2.71. The molecular formula is C35H49F3NO11P2S. The molecular weight excluding hydrogens is 761 g/mol. The van der Waals surface area contributed by atoms with Gasteiger partial charge in [0.25, 0.3) is 0 Å². The smallest absolute Gasteiger partial charge is 0.470 e. The molecule has 0 saturated heterocycles. The number of thiol groups is 1. The lowest BCUT2D eigenvalue weighted by Gasteiger charge is -2.61. The second-order valence-corrected chi connectivity index (χ2v) is 18.6. The van der Waals surface area contributed by atoms with Gasteiger partial charge in [-0.05, 0) is 80.8 Å². The summed E-state index contributed by atoms with van der Waals surface area (Å²) in [6.07, 6.45) is 5.23. The molecule has 0 bridgehead atoms. The molecule has 10 atom stereocenters. The number of alkyl halides is 3. The second kappa shape index (κ2) is 17.1. The van der Waals surface area contributed by atoms with Crippen molar-refractivity contribution in [2.24, 2.45) is 28.6 Å². The van der Waals surface area contributed by atoms with E-state index < -0.39 is 75.3 Å². The monoisotopic (exact) mass is 810 g/mol. The topological polar surface area (TPSA) is 167 Å². The number of nitrogens with one attached hydrogen (secondary N) is 1. The Bertz CT molecular complexity index is 1650. The highest BCUT2D eigenvalue weighted by molar-refractivity contribution is 7.97. The number of ketones is 1. The highest BCUT2D eigenvalue weighted by atomic mass is 32.1. The van der Waals surface area contributed by atoms with Crippen molar-refractivity contribution < 1.29 is 64.5 Å². The average molecular weight is 811 g/mol. The first-order valence-corrected chi connectivity index (χ1v) is 22.0. The predicted octanol–water partition coefficient (Wildman–Crippen LogP) is 6.37. The first-order valence-electron chi connectivity index (χ1n) is 17.9. The Morgan fingerprint density at radius 1 is 1.11 bits per heavy atom. The van der Waals surface area contributed by atoms with E-state index >= 15 is 8.78 Å². The maximum atomic E-state index is 17.8. The summed E-state index contributed by atoms with van der Waals surface area (Å²) in [6, 6.07) is -0.546. The Balaban J connectivity index is 1.16. The second-order valence-electron chi connectivity index (χ2n) is 14.7. The molecule has 297 valence electrons. The third-order valence-electron chi connectivity index (χ3n) is 11.5. The third-order valence-corrected chi connectivity index (χ3v) is 14.7. The van der Waals surface area contributed by atoms with Crippen LogP contribution in [0, 0.1) is 46.3 Å². The van der Waals surface area contributed by atoms with Crippen molar-refractivity contribution in [1.29, 1.82) is 0 Å². The lowest BCUT2D eigenvalue weighted by molar-refractivity contribution is -0.148. The van der Waals surface area contributed by atoms with Gasteiger partial charge in [-0.1, -0.05) is 31.6 Å². The molecule has 1 radical (unpaired) electrons. The van der Waals surface area contributed by atoms with Crippen LogP contribution in [0.1, 0.15) is 78.6 Å². The van der Waals surface area contributed by atoms with E-state index in [0.29, 0.717) is 30.6 Å². The quantitative estimate of drug-likeness (QED) is 0.0363. The summed E-state index contributed by atoms with van der Waals surface area (Å²) < 4.78 is 96.9. The van der Waals surface area contributed by atoms with Crippen LogP contribution in [0.25, 0.3) is 0 Å². The predicted molar refractivity (Wildman–Crippen MR) is 192 cm³/mol. The van der Waals surface area contributed by atoms with E-state index in [1.165, 1.54) is 6.92 Å². The van der Waals surface area contributed by atoms with Gasteiger partial charge < -0.3 is 24.6 Å². The lowest BCUT2D eigenvalue weighted by Crippen LogP contribution is -2.63. The van der Waals surface area contributed by atoms with Crippen LogP contribution in [-0.2, 0) is 41.6 Å². The van der Waals surface area contributed by atoms with Gasteiger partial charge in [-0.15, -0.1) is 5.92 Å². The lowest BCUT2D eigenvalue weighted by atomic mass is 9.45. The molecule has 0 aromatic heterocycles. The first-order chi connectivity index (χ1) is 25.0. The van der Waals surface area contributed by atoms with Crippen LogP contribution in [-0.4, -0.2) is 77.3 Å². The number of phosphoric acid groups is 2. The molecule has 0 heterocycles. The summed E-state index contributed by atoms with van der Waals surface area (Å²) in [6.45, 7) is 3.19. The van der Waals surface area contributed by atoms with Crippen molar-refractivity contribution in [2.45, 2.75) is 96.5 Å². The number of phosphoric ester groups is 2. The minimum absolute atomic E-state index is 0.0210. The summed E-state index contributed by atoms with van der Waals surface area (Å²) in [5.41, 5.74) is -4.47. The number of ether oxygens (including phenoxy) is 2. The fraction of sp³-hybridized carbons (Fsp3) is 0.714. The fourth-order valence-electron chi connectivity index (χ4n) is 8.96. The fourth-order valence-corrected chi connectivity index (χ4v) is 11.7. The van der Waals surface area contributed by atoms with Gasteiger partial charge in [-0.25, -0.2) is 26.8 Å². The van der Waals surface area contributed by atoms with Crippen LogP contribution in [0.5, 0.6) is 0 Å². The molecule has 0 spiro atoms. The van der Waals surface area contributed by atoms with Gasteiger partial charge in [-0.3, -0.25) is 14.1 Å². The van der Waals surface area contributed by atoms with Gasteiger partial charge in [0.05, 0.1) is 12.0 Å². The van der Waals surface area contributed by atoms with Crippen molar-refractivity contribution in [1.82, 2.24) is 5.32 Å². The molecule has 5 aliphatic rings. The third kappa shape index (κ3) is 9.27. The standard InChI is InChI=1S/C35H49F3NO11P2S/c1-23-15-26-27-18-30(37)28-16-24(40)17-31(34(28,3)35(27,38)12-11-33(26,2)29(23)20-53-21-36)47-22-49-52(44,45)50-51(42,43)48-14-13-39-32(41)19-46-25-9-7-5-4-6-8-10-25/h16-17,20,23,25-27,30,53H,4-7,9,11-15,18-19,21-22H2,1-3H3,(H,39,41)(H,42,43)(H,44,45)/t23-,25?,26+,27+,30+,33-,34+,35-/m1/s1. The number of fused-ring (bicyclic) bond motifs is 5. The van der Waals surface area contributed by atoms with Crippen molar-refractivity contribution in [3.8, 4) is 11.8 Å². The van der Waals surface area contributed by atoms with Crippen LogP contribution < -0.4 is 5.32 Å². The summed E-state index contributed by atoms with van der Waals surface area (Å²) in [4.78, 5) is 45.0. The zero-order valence-electron chi connectivity index (χ0n) is 30.1. The summed E-state index contributed by atoms with van der Waals surface area (Å²) >= 11 is 0.507. The van der Waals surface area contributed by atoms with E-state index in [9.17, 15) is 32.9 Å². The maximum Gasteiger partial charge on any atom is 0.484 e. The van der Waals surface area contributed by atoms with Crippen LogP contribution in [0.4, 0.5) is 13.2 Å².